The van der Waals surface area contributed by atoms with Crippen LogP contribution in [0.2, 0.25) is 0 Å². The van der Waals surface area contributed by atoms with Gasteiger partial charge in [-0.05, 0) is 104 Å². The fraction of sp³-hybridized carbons (Fsp3) is 0.357. The minimum absolute atomic E-state index is 0.531. The molecule has 4 N–H and O–H groups in total. The van der Waals surface area contributed by atoms with E-state index in [0.717, 1.165) is 46.7 Å². The molecule has 0 atom stereocenters. The van der Waals surface area contributed by atoms with Crippen LogP contribution < -0.4 is 20.9 Å². The lowest BCUT2D eigenvalue weighted by atomic mass is 9.50. The molecule has 7 rings (SSSR count). The maximum atomic E-state index is 6.42. The van der Waals surface area contributed by atoms with Crippen LogP contribution in [0.1, 0.15) is 43.6 Å². The lowest BCUT2D eigenvalue weighted by molar-refractivity contribution is -0.00339. The largest absolute Gasteiger partial charge is 0.457 e. The van der Waals surface area contributed by atoms with Gasteiger partial charge in [0.25, 0.3) is 0 Å². The molecule has 4 aliphatic carbocycles. The van der Waals surface area contributed by atoms with E-state index in [-0.39, 0.29) is 0 Å². The summed E-state index contributed by atoms with van der Waals surface area (Å²) in [7, 11) is 0. The third kappa shape index (κ3) is 3.68. The second kappa shape index (κ2) is 7.77. The summed E-state index contributed by atoms with van der Waals surface area (Å²) in [6.45, 7) is 0. The molecule has 4 saturated carbocycles. The maximum Gasteiger partial charge on any atom is 0.131 e. The van der Waals surface area contributed by atoms with E-state index in [4.69, 9.17) is 20.9 Å². The van der Waals surface area contributed by atoms with Crippen LogP contribution in [0.15, 0.2) is 66.7 Å². The monoisotopic (exact) mass is 426 g/mol. The smallest absolute Gasteiger partial charge is 0.131 e. The highest BCUT2D eigenvalue weighted by Crippen LogP contribution is 2.61. The van der Waals surface area contributed by atoms with Crippen molar-refractivity contribution >= 4 is 11.4 Å². The molecule has 164 valence electrons. The standard InChI is InChI=1S/C28H30N2O2/c29-21-3-1-5-23(14-21)31-25-7-8-27(32-24-6-2-4-22(30)15-24)26(16-25)28-19-10-17-9-18(12-19)13-20(28)11-17/h1-8,14-20,28H,9-13,29-30H2. The van der Waals surface area contributed by atoms with E-state index in [1.165, 1.54) is 37.7 Å². The van der Waals surface area contributed by atoms with Crippen molar-refractivity contribution in [3.05, 3.63) is 72.3 Å². The first-order valence-corrected chi connectivity index (χ1v) is 11.8. The lowest BCUT2D eigenvalue weighted by Crippen LogP contribution is -2.43. The molecule has 0 heterocycles. The van der Waals surface area contributed by atoms with Gasteiger partial charge in [0.1, 0.15) is 23.0 Å². The Kier molecular flexibility index (Phi) is 4.74. The molecule has 4 heteroatoms. The molecule has 0 aliphatic heterocycles. The Bertz CT molecular complexity index is 1110. The molecule has 4 nitrogen and oxygen atoms in total. The molecule has 3 aromatic carbocycles. The van der Waals surface area contributed by atoms with Gasteiger partial charge in [0, 0.05) is 29.1 Å². The molecule has 0 radical (unpaired) electrons. The van der Waals surface area contributed by atoms with Crippen LogP contribution in [0.25, 0.3) is 0 Å². The molecule has 32 heavy (non-hydrogen) atoms. The van der Waals surface area contributed by atoms with Crippen molar-refractivity contribution < 1.29 is 9.47 Å². The number of anilines is 2. The first-order valence-electron chi connectivity index (χ1n) is 11.8. The maximum absolute atomic E-state index is 6.42. The van der Waals surface area contributed by atoms with E-state index in [0.29, 0.717) is 17.3 Å². The van der Waals surface area contributed by atoms with Crippen LogP contribution in [0.3, 0.4) is 0 Å². The SMILES string of the molecule is Nc1cccc(Oc2ccc(Oc3cccc(N)c3)c(C3C4CC5CC(C4)CC3C5)c2)c1. The quantitative estimate of drug-likeness (QED) is 0.432. The first kappa shape index (κ1) is 19.5. The van der Waals surface area contributed by atoms with Crippen molar-refractivity contribution in [1.82, 2.24) is 0 Å². The minimum Gasteiger partial charge on any atom is -0.457 e. The minimum atomic E-state index is 0.531. The Hall–Kier alpha value is -3.14. The topological polar surface area (TPSA) is 70.5 Å². The Balaban J connectivity index is 1.37. The molecule has 0 saturated heterocycles. The van der Waals surface area contributed by atoms with Crippen molar-refractivity contribution in [3.8, 4) is 23.0 Å². The summed E-state index contributed by atoms with van der Waals surface area (Å²) in [4.78, 5) is 0. The van der Waals surface area contributed by atoms with Gasteiger partial charge in [0.05, 0.1) is 0 Å². The highest BCUT2D eigenvalue weighted by molar-refractivity contribution is 5.51. The fourth-order valence-corrected chi connectivity index (χ4v) is 6.80. The summed E-state index contributed by atoms with van der Waals surface area (Å²) < 4.78 is 12.6. The fourth-order valence-electron chi connectivity index (χ4n) is 6.80. The number of nitrogen functional groups attached to an aromatic ring is 2. The molecule has 4 bridgehead atoms. The summed E-state index contributed by atoms with van der Waals surface area (Å²) in [5.41, 5.74) is 14.6. The number of rotatable bonds is 5. The Labute approximate surface area is 189 Å². The van der Waals surface area contributed by atoms with Crippen LogP contribution in [-0.2, 0) is 0 Å². The van der Waals surface area contributed by atoms with E-state index in [1.54, 1.807) is 0 Å². The van der Waals surface area contributed by atoms with Gasteiger partial charge in [-0.2, -0.15) is 0 Å². The molecular formula is C28H30N2O2. The van der Waals surface area contributed by atoms with Crippen molar-refractivity contribution in [1.29, 1.82) is 0 Å². The zero-order valence-electron chi connectivity index (χ0n) is 18.2. The summed E-state index contributed by atoms with van der Waals surface area (Å²) in [5.74, 6) is 7.17. The Morgan fingerprint density at radius 1 is 0.594 bits per heavy atom. The van der Waals surface area contributed by atoms with Gasteiger partial charge in [-0.1, -0.05) is 12.1 Å². The number of ether oxygens (including phenoxy) is 2. The molecule has 0 spiro atoms. The van der Waals surface area contributed by atoms with Crippen LogP contribution >= 0.6 is 0 Å². The molecular weight excluding hydrogens is 396 g/mol. The molecule has 0 aromatic heterocycles. The van der Waals surface area contributed by atoms with E-state index in [2.05, 4.69) is 12.1 Å². The van der Waals surface area contributed by atoms with E-state index >= 15 is 0 Å². The molecule has 4 fully saturated rings. The predicted octanol–water partition coefficient (Wildman–Crippen LogP) is 6.98. The third-order valence-corrected chi connectivity index (χ3v) is 7.75. The van der Waals surface area contributed by atoms with Gasteiger partial charge >= 0.3 is 0 Å². The molecule has 4 aliphatic rings. The zero-order valence-corrected chi connectivity index (χ0v) is 18.2. The zero-order chi connectivity index (χ0) is 21.7. The van der Waals surface area contributed by atoms with Crippen LogP contribution in [0, 0.1) is 23.7 Å². The summed E-state index contributed by atoms with van der Waals surface area (Å²) in [5, 5.41) is 0. The Morgan fingerprint density at radius 2 is 1.16 bits per heavy atom. The lowest BCUT2D eigenvalue weighted by Gasteiger charge is -2.54. The summed E-state index contributed by atoms with van der Waals surface area (Å²) >= 11 is 0. The first-order chi connectivity index (χ1) is 15.6. The van der Waals surface area contributed by atoms with Gasteiger partial charge < -0.3 is 20.9 Å². The van der Waals surface area contributed by atoms with Crippen LogP contribution in [0.4, 0.5) is 11.4 Å². The molecule has 3 aromatic rings. The normalized spacial score (nSPS) is 27.9. The average molecular weight is 427 g/mol. The van der Waals surface area contributed by atoms with Gasteiger partial charge in [-0.15, -0.1) is 0 Å². The van der Waals surface area contributed by atoms with E-state index < -0.39 is 0 Å². The van der Waals surface area contributed by atoms with Crippen molar-refractivity contribution in [2.45, 2.75) is 38.0 Å². The van der Waals surface area contributed by atoms with E-state index in [1.807, 2.05) is 54.6 Å². The summed E-state index contributed by atoms with van der Waals surface area (Å²) in [6.07, 6.45) is 6.88. The van der Waals surface area contributed by atoms with Gasteiger partial charge in [-0.3, -0.25) is 0 Å². The highest BCUT2D eigenvalue weighted by atomic mass is 16.5. The molecule has 0 amide bonds. The average Bonchev–Trinajstić information content (AvgIpc) is 2.75. The number of benzene rings is 3. The van der Waals surface area contributed by atoms with Gasteiger partial charge in [0.2, 0.25) is 0 Å². The van der Waals surface area contributed by atoms with Crippen molar-refractivity contribution in [3.63, 3.8) is 0 Å². The third-order valence-electron chi connectivity index (χ3n) is 7.75. The van der Waals surface area contributed by atoms with Crippen molar-refractivity contribution in [2.75, 3.05) is 11.5 Å². The van der Waals surface area contributed by atoms with Crippen molar-refractivity contribution in [2.24, 2.45) is 23.7 Å². The van der Waals surface area contributed by atoms with Gasteiger partial charge in [0.15, 0.2) is 0 Å². The number of hydrogen-bond acceptors (Lipinski definition) is 4. The highest BCUT2D eigenvalue weighted by Gasteiger charge is 2.49. The second-order valence-electron chi connectivity index (χ2n) is 10.0. The van der Waals surface area contributed by atoms with E-state index in [9.17, 15) is 0 Å². The van der Waals surface area contributed by atoms with Crippen LogP contribution in [0.5, 0.6) is 23.0 Å². The summed E-state index contributed by atoms with van der Waals surface area (Å²) in [6, 6.07) is 21.5. The number of hydrogen-bond donors (Lipinski definition) is 2. The predicted molar refractivity (Wildman–Crippen MR) is 128 cm³/mol. The Morgan fingerprint density at radius 3 is 1.75 bits per heavy atom. The number of nitrogens with two attached hydrogens (primary N) is 2. The van der Waals surface area contributed by atoms with Gasteiger partial charge in [-0.25, -0.2) is 0 Å². The molecule has 0 unspecified atom stereocenters. The van der Waals surface area contributed by atoms with Crippen LogP contribution in [-0.4, -0.2) is 0 Å². The second-order valence-corrected chi connectivity index (χ2v) is 10.0.